The van der Waals surface area contributed by atoms with Crippen molar-refractivity contribution >= 4 is 29.5 Å². The first-order valence-corrected chi connectivity index (χ1v) is 32.0. The van der Waals surface area contributed by atoms with Crippen molar-refractivity contribution < 1.29 is 52.8 Å². The van der Waals surface area contributed by atoms with Gasteiger partial charge in [-0.25, -0.2) is 10.3 Å². The third-order valence-electron chi connectivity index (χ3n) is 19.1. The highest BCUT2D eigenvalue weighted by atomic mass is 16.7. The predicted octanol–water partition coefficient (Wildman–Crippen LogP) is 11.1. The van der Waals surface area contributed by atoms with Crippen molar-refractivity contribution in [1.82, 2.24) is 30.3 Å². The van der Waals surface area contributed by atoms with Crippen LogP contribution in [0.25, 0.3) is 11.3 Å². The summed E-state index contributed by atoms with van der Waals surface area (Å²) in [5, 5.41) is 21.2. The minimum absolute atomic E-state index is 0.141. The normalized spacial score (nSPS) is 28.8. The number of methoxy groups -OCH3 is 1. The first-order chi connectivity index (χ1) is 42.3. The number of esters is 1. The molecular weight excluding hydrogens is 1110 g/mol. The molecule has 4 aliphatic heterocycles. The number of ketones is 1. The molecule has 0 saturated carbocycles. The van der Waals surface area contributed by atoms with Crippen LogP contribution in [0.3, 0.4) is 0 Å². The van der Waals surface area contributed by atoms with Gasteiger partial charge in [-0.05, 0) is 95.0 Å². The molecule has 0 aliphatic carbocycles. The molecule has 5 heterocycles. The maximum Gasteiger partial charge on any atom is 0.410 e. The number of benzene rings is 4. The Bertz CT molecular complexity index is 3030. The van der Waals surface area contributed by atoms with E-state index in [0.717, 1.165) is 90.7 Å². The Labute approximate surface area is 520 Å². The molecule has 474 valence electrons. The highest BCUT2D eigenvalue weighted by molar-refractivity contribution is 6.00. The van der Waals surface area contributed by atoms with Gasteiger partial charge >= 0.3 is 12.1 Å². The number of ether oxygens (including phenoxy) is 5. The molecule has 2 N–H and O–H groups in total. The highest BCUT2D eigenvalue weighted by Crippen LogP contribution is 2.45. The van der Waals surface area contributed by atoms with Gasteiger partial charge in [0.2, 0.25) is 5.91 Å². The largest absolute Gasteiger partial charge is 0.458 e. The molecule has 88 heavy (non-hydrogen) atoms. The maximum atomic E-state index is 14.6. The number of hydrogen-bond donors (Lipinski definition) is 2. The number of carbonyl (C=O) groups excluding carboxylic acids is 4. The summed E-state index contributed by atoms with van der Waals surface area (Å²) >= 11 is 0. The molecule has 13 atom stereocenters. The summed E-state index contributed by atoms with van der Waals surface area (Å²) in [6.45, 7) is 17.0. The number of likely N-dealkylation sites (N-methyl/N-ethyl adjacent to an activating group) is 1. The molecule has 4 aromatic carbocycles. The van der Waals surface area contributed by atoms with Crippen LogP contribution in [-0.2, 0) is 61.6 Å². The molecular formula is C70H93N7O11. The minimum atomic E-state index is -1.19. The standard InChI is InChI=1S/C70H93N7O11/c1-11-58-69(8)63-48(4)60(71-39-41-77(63)67(82)87-69)46(2)43-68(7,83-10)64(49(5)61(79)50(6)65(81)85-58)86-66-62(80)57(42-47(3)84-66)75(9)44-51-35-37-52(38-36-51)56-45-76(74-72-56)40-27-16-14-12-13-15-26-34-59(78)73-88-70(53-28-20-17-21-29-53,54-30-22-18-23-31-54)55-32-24-19-25-33-55/h17-25,28-33,35-38,45-50,57-58,62-64,66,80H,11-16,26-27,34,39-44H2,1-10H3,(H,73,78)/t46-,47-,48+,49+,50-,57+,58-,62-,63-,64-,66+,68-,69-/m1/s1. The number of aliphatic imine (C=N–C) groups is 1. The van der Waals surface area contributed by atoms with E-state index < -0.39 is 77.1 Å². The van der Waals surface area contributed by atoms with E-state index in [0.29, 0.717) is 45.3 Å². The molecule has 2 amide bonds. The fourth-order valence-corrected chi connectivity index (χ4v) is 14.3. The lowest BCUT2D eigenvalue weighted by molar-refractivity contribution is -0.296. The van der Waals surface area contributed by atoms with Crippen molar-refractivity contribution in [2.24, 2.45) is 28.7 Å². The van der Waals surface area contributed by atoms with Gasteiger partial charge in [-0.15, -0.1) is 5.10 Å². The van der Waals surface area contributed by atoms with E-state index in [-0.39, 0.29) is 29.9 Å². The third kappa shape index (κ3) is 14.5. The van der Waals surface area contributed by atoms with E-state index in [1.807, 2.05) is 156 Å². The van der Waals surface area contributed by atoms with Crippen LogP contribution in [0, 0.1) is 23.7 Å². The molecule has 5 aromatic rings. The van der Waals surface area contributed by atoms with Crippen molar-refractivity contribution in [2.45, 2.75) is 199 Å². The van der Waals surface area contributed by atoms with Gasteiger partial charge in [0.15, 0.2) is 23.3 Å². The third-order valence-corrected chi connectivity index (χ3v) is 19.1. The zero-order valence-corrected chi connectivity index (χ0v) is 53.2. The fourth-order valence-electron chi connectivity index (χ4n) is 14.3. The van der Waals surface area contributed by atoms with E-state index in [1.165, 1.54) is 0 Å². The van der Waals surface area contributed by atoms with Crippen LogP contribution >= 0.6 is 0 Å². The number of nitrogens with one attached hydrogen (secondary N) is 1. The van der Waals surface area contributed by atoms with Crippen LogP contribution < -0.4 is 5.48 Å². The van der Waals surface area contributed by atoms with Crippen LogP contribution in [0.1, 0.15) is 148 Å². The second-order valence-corrected chi connectivity index (χ2v) is 25.4. The van der Waals surface area contributed by atoms with Crippen molar-refractivity contribution in [3.63, 3.8) is 0 Å². The van der Waals surface area contributed by atoms with E-state index in [9.17, 15) is 24.3 Å². The molecule has 18 heteroatoms. The average Bonchev–Trinajstić information content (AvgIpc) is 1.76. The summed E-state index contributed by atoms with van der Waals surface area (Å²) in [6, 6.07) is 37.4. The Hall–Kier alpha value is -6.67. The fraction of sp³-hybridized carbons (Fsp3) is 0.557. The minimum Gasteiger partial charge on any atom is -0.458 e. The number of unbranched alkanes of at least 4 members (excludes halogenated alkanes) is 6. The number of aliphatic hydroxyl groups is 1. The molecule has 2 bridgehead atoms. The van der Waals surface area contributed by atoms with E-state index in [2.05, 4.69) is 39.7 Å². The Morgan fingerprint density at radius 3 is 2.02 bits per heavy atom. The number of amides is 2. The van der Waals surface area contributed by atoms with Gasteiger partial charge in [-0.3, -0.25) is 38.7 Å². The number of cyclic esters (lactones) is 1. The summed E-state index contributed by atoms with van der Waals surface area (Å²) in [4.78, 5) is 70.8. The molecule has 0 unspecified atom stereocenters. The van der Waals surface area contributed by atoms with Gasteiger partial charge in [-0.2, -0.15) is 0 Å². The number of rotatable bonds is 23. The lowest BCUT2D eigenvalue weighted by atomic mass is 9.73. The van der Waals surface area contributed by atoms with Crippen molar-refractivity contribution in [3.8, 4) is 11.3 Å². The number of hydroxylamine groups is 1. The zero-order valence-electron chi connectivity index (χ0n) is 53.2. The SMILES string of the molecule is CC[C@H]1OC(=O)[C@H](C)C(=O)[C@H](C)[C@@H](O[C@@H]2O[C@H](C)C[C@H](N(C)Cc3ccc(-c4cn(CCCCCCCCCC(=O)NOC(c5ccccc5)(c5ccccc5)c5ccccc5)nn4)cc3)[C@H]2O)[C@](C)(OC)C[C@@H](C)C2=NCCN3C(=O)O[C@@]1(C)[C@H]3[C@H]2C. The Balaban J connectivity index is 0.748. The van der Waals surface area contributed by atoms with Crippen molar-refractivity contribution in [1.29, 1.82) is 0 Å². The molecule has 1 aromatic heterocycles. The van der Waals surface area contributed by atoms with E-state index >= 15 is 0 Å². The van der Waals surface area contributed by atoms with Crippen molar-refractivity contribution in [3.05, 3.63) is 144 Å². The van der Waals surface area contributed by atoms with Crippen LogP contribution in [-0.4, -0.2) is 141 Å². The number of Topliss-reactive ketones (excluding diaryl/α,β-unsaturated/α-hetero) is 1. The number of aryl methyl sites for hydroxylation is 1. The maximum absolute atomic E-state index is 14.6. The molecule has 18 nitrogen and oxygen atoms in total. The highest BCUT2D eigenvalue weighted by Gasteiger charge is 2.60. The van der Waals surface area contributed by atoms with Crippen molar-refractivity contribution in [2.75, 3.05) is 27.2 Å². The smallest absolute Gasteiger partial charge is 0.410 e. The molecule has 4 aliphatic rings. The Morgan fingerprint density at radius 2 is 1.42 bits per heavy atom. The monoisotopic (exact) mass is 1210 g/mol. The second-order valence-electron chi connectivity index (χ2n) is 25.4. The zero-order chi connectivity index (χ0) is 62.8. The van der Waals surface area contributed by atoms with Gasteiger partial charge in [0.25, 0.3) is 0 Å². The second kappa shape index (κ2) is 29.3. The quantitative estimate of drug-likeness (QED) is 0.0205. The summed E-state index contributed by atoms with van der Waals surface area (Å²) < 4.78 is 34.0. The number of hydrogen-bond acceptors (Lipinski definition) is 15. The van der Waals surface area contributed by atoms with E-state index in [4.69, 9.17) is 33.5 Å². The van der Waals surface area contributed by atoms with Gasteiger partial charge < -0.3 is 28.8 Å². The lowest BCUT2D eigenvalue weighted by Crippen LogP contribution is -2.60. The average molecular weight is 1210 g/mol. The summed E-state index contributed by atoms with van der Waals surface area (Å²) in [7, 11) is 3.56. The molecule has 9 rings (SSSR count). The number of aromatic nitrogens is 3. The first-order valence-electron chi connectivity index (χ1n) is 32.0. The number of carbonyl (C=O) groups is 4. The number of nitrogens with zero attached hydrogens (tertiary/aromatic N) is 6. The van der Waals surface area contributed by atoms with Crippen LogP contribution in [0.5, 0.6) is 0 Å². The molecule has 3 saturated heterocycles. The summed E-state index contributed by atoms with van der Waals surface area (Å²) in [6.07, 6.45) is 5.80. The van der Waals surface area contributed by atoms with E-state index in [1.54, 1.807) is 25.9 Å². The number of fused-ring (bicyclic) bond motifs is 1. The molecule has 0 spiro atoms. The van der Waals surface area contributed by atoms with Gasteiger partial charge in [0, 0.05) is 62.3 Å². The predicted molar refractivity (Wildman–Crippen MR) is 335 cm³/mol. The van der Waals surface area contributed by atoms with Gasteiger partial charge in [0.1, 0.15) is 23.8 Å². The molecule has 3 fully saturated rings. The summed E-state index contributed by atoms with van der Waals surface area (Å²) in [5.41, 5.74) is 5.89. The van der Waals surface area contributed by atoms with Crippen LogP contribution in [0.4, 0.5) is 4.79 Å². The Morgan fingerprint density at radius 1 is 0.818 bits per heavy atom. The lowest BCUT2D eigenvalue weighted by Gasteiger charge is -2.47. The topological polar surface area (TPSA) is 205 Å². The molecule has 0 radical (unpaired) electrons. The van der Waals surface area contributed by atoms with Gasteiger partial charge in [-0.1, -0.05) is 180 Å². The van der Waals surface area contributed by atoms with Gasteiger partial charge in [0.05, 0.1) is 36.6 Å². The first kappa shape index (κ1) is 65.8. The Kier molecular flexibility index (Phi) is 21.9. The number of aliphatic hydroxyl groups excluding tert-OH is 1. The van der Waals surface area contributed by atoms with Crippen LogP contribution in [0.15, 0.2) is 126 Å². The summed E-state index contributed by atoms with van der Waals surface area (Å²) in [5.74, 6) is -3.86. The van der Waals surface area contributed by atoms with Crippen LogP contribution in [0.2, 0.25) is 0 Å².